The minimum atomic E-state index is 0.0947. The van der Waals surface area contributed by atoms with Crippen LogP contribution in [0.5, 0.6) is 0 Å². The highest BCUT2D eigenvalue weighted by molar-refractivity contribution is 6.35. The maximum Gasteiger partial charge on any atom is 0.135 e. The van der Waals surface area contributed by atoms with Crippen LogP contribution in [-0.2, 0) is 6.42 Å². The van der Waals surface area contributed by atoms with Gasteiger partial charge in [0.1, 0.15) is 11.3 Å². The zero-order valence-electron chi connectivity index (χ0n) is 6.96. The summed E-state index contributed by atoms with van der Waals surface area (Å²) in [6.07, 6.45) is 0.533. The fourth-order valence-corrected chi connectivity index (χ4v) is 1.53. The Morgan fingerprint density at radius 2 is 2.23 bits per heavy atom. The average molecular weight is 197 g/mol. The molecule has 2 rings (SSSR count). The van der Waals surface area contributed by atoms with Crippen LogP contribution in [0.3, 0.4) is 0 Å². The van der Waals surface area contributed by atoms with Crippen LogP contribution >= 0.6 is 11.6 Å². The van der Waals surface area contributed by atoms with Crippen LogP contribution in [0.4, 0.5) is 0 Å². The molecule has 0 radical (unpaired) electrons. The second kappa shape index (κ2) is 3.40. The number of halogens is 1. The van der Waals surface area contributed by atoms with Crippen molar-refractivity contribution < 1.29 is 9.52 Å². The molecule has 0 fully saturated rings. The summed E-state index contributed by atoms with van der Waals surface area (Å²) in [4.78, 5) is 0. The number of fused-ring (bicyclic) bond motifs is 1. The first-order chi connectivity index (χ1) is 6.31. The van der Waals surface area contributed by atoms with Crippen LogP contribution in [0.15, 0.2) is 28.7 Å². The van der Waals surface area contributed by atoms with Gasteiger partial charge in [-0.2, -0.15) is 0 Å². The Labute approximate surface area is 80.7 Å². The molecule has 1 aromatic heterocycles. The fourth-order valence-electron chi connectivity index (χ4n) is 1.31. The van der Waals surface area contributed by atoms with E-state index in [-0.39, 0.29) is 6.61 Å². The summed E-state index contributed by atoms with van der Waals surface area (Å²) in [6.45, 7) is 0.0947. The van der Waals surface area contributed by atoms with Gasteiger partial charge in [-0.3, -0.25) is 0 Å². The molecule has 13 heavy (non-hydrogen) atoms. The van der Waals surface area contributed by atoms with Crippen LogP contribution in [-0.4, -0.2) is 11.7 Å². The SMILES string of the molecule is OCCc1cc2c(Cl)cccc2o1. The Morgan fingerprint density at radius 3 is 2.92 bits per heavy atom. The highest BCUT2D eigenvalue weighted by Crippen LogP contribution is 2.26. The van der Waals surface area contributed by atoms with E-state index in [4.69, 9.17) is 21.1 Å². The van der Waals surface area contributed by atoms with Gasteiger partial charge in [0, 0.05) is 11.8 Å². The van der Waals surface area contributed by atoms with E-state index >= 15 is 0 Å². The van der Waals surface area contributed by atoms with Gasteiger partial charge in [-0.1, -0.05) is 17.7 Å². The van der Waals surface area contributed by atoms with Gasteiger partial charge in [-0.25, -0.2) is 0 Å². The number of hydrogen-bond acceptors (Lipinski definition) is 2. The van der Waals surface area contributed by atoms with E-state index in [0.29, 0.717) is 11.4 Å². The van der Waals surface area contributed by atoms with Crippen molar-refractivity contribution in [3.8, 4) is 0 Å². The van der Waals surface area contributed by atoms with Crippen LogP contribution in [0, 0.1) is 0 Å². The molecular weight excluding hydrogens is 188 g/mol. The van der Waals surface area contributed by atoms with Gasteiger partial charge in [-0.15, -0.1) is 0 Å². The third kappa shape index (κ3) is 1.55. The van der Waals surface area contributed by atoms with Gasteiger partial charge in [-0.05, 0) is 18.2 Å². The lowest BCUT2D eigenvalue weighted by Gasteiger charge is -1.88. The molecule has 2 aromatic rings. The van der Waals surface area contributed by atoms with Crippen molar-refractivity contribution in [3.05, 3.63) is 35.0 Å². The predicted molar refractivity (Wildman–Crippen MR) is 52.0 cm³/mol. The summed E-state index contributed by atoms with van der Waals surface area (Å²) in [6, 6.07) is 7.40. The number of aliphatic hydroxyl groups is 1. The summed E-state index contributed by atoms with van der Waals surface area (Å²) in [5.41, 5.74) is 0.774. The van der Waals surface area contributed by atoms with Gasteiger partial charge in [0.2, 0.25) is 0 Å². The first kappa shape index (κ1) is 8.60. The molecule has 0 aliphatic heterocycles. The molecule has 0 bridgehead atoms. The molecule has 1 aromatic carbocycles. The molecule has 0 amide bonds. The molecule has 3 heteroatoms. The monoisotopic (exact) mass is 196 g/mol. The summed E-state index contributed by atoms with van der Waals surface area (Å²) < 4.78 is 5.44. The van der Waals surface area contributed by atoms with Crippen LogP contribution in [0.25, 0.3) is 11.0 Å². The molecule has 0 spiro atoms. The van der Waals surface area contributed by atoms with Crippen molar-refractivity contribution in [2.24, 2.45) is 0 Å². The van der Waals surface area contributed by atoms with Crippen molar-refractivity contribution in [3.63, 3.8) is 0 Å². The van der Waals surface area contributed by atoms with Gasteiger partial charge >= 0.3 is 0 Å². The first-order valence-corrected chi connectivity index (χ1v) is 4.47. The van der Waals surface area contributed by atoms with Crippen LogP contribution < -0.4 is 0 Å². The Hall–Kier alpha value is -0.990. The van der Waals surface area contributed by atoms with Gasteiger partial charge in [0.15, 0.2) is 0 Å². The summed E-state index contributed by atoms with van der Waals surface area (Å²) in [5.74, 6) is 0.769. The second-order valence-electron chi connectivity index (χ2n) is 2.84. The molecule has 1 N–H and O–H groups in total. The molecule has 2 nitrogen and oxygen atoms in total. The Bertz CT molecular complexity index is 420. The maximum absolute atomic E-state index is 8.72. The standard InChI is InChI=1S/C10H9ClO2/c11-9-2-1-3-10-8(9)6-7(13-10)4-5-12/h1-3,6,12H,4-5H2. The van der Waals surface area contributed by atoms with E-state index in [2.05, 4.69) is 0 Å². The molecule has 1 heterocycles. The van der Waals surface area contributed by atoms with Crippen molar-refractivity contribution in [2.75, 3.05) is 6.61 Å². The van der Waals surface area contributed by atoms with Gasteiger partial charge in [0.05, 0.1) is 11.6 Å². The lowest BCUT2D eigenvalue weighted by Crippen LogP contribution is -1.85. The number of rotatable bonds is 2. The zero-order valence-corrected chi connectivity index (χ0v) is 7.71. The lowest BCUT2D eigenvalue weighted by molar-refractivity contribution is 0.289. The van der Waals surface area contributed by atoms with Crippen LogP contribution in [0.1, 0.15) is 5.76 Å². The maximum atomic E-state index is 8.72. The minimum absolute atomic E-state index is 0.0947. The van der Waals surface area contributed by atoms with Gasteiger partial charge < -0.3 is 9.52 Å². The summed E-state index contributed by atoms with van der Waals surface area (Å²) in [7, 11) is 0. The first-order valence-electron chi connectivity index (χ1n) is 4.09. The van der Waals surface area contributed by atoms with E-state index in [1.54, 1.807) is 0 Å². The molecule has 0 atom stereocenters. The van der Waals surface area contributed by atoms with E-state index < -0.39 is 0 Å². The predicted octanol–water partition coefficient (Wildman–Crippen LogP) is 2.62. The average Bonchev–Trinajstić information content (AvgIpc) is 2.49. The summed E-state index contributed by atoms with van der Waals surface area (Å²) >= 11 is 5.95. The highest BCUT2D eigenvalue weighted by Gasteiger charge is 2.05. The number of hydrogen-bond donors (Lipinski definition) is 1. The smallest absolute Gasteiger partial charge is 0.135 e. The topological polar surface area (TPSA) is 33.4 Å². The van der Waals surface area contributed by atoms with E-state index in [9.17, 15) is 0 Å². The highest BCUT2D eigenvalue weighted by atomic mass is 35.5. The fraction of sp³-hybridized carbons (Fsp3) is 0.200. The third-order valence-corrected chi connectivity index (χ3v) is 2.25. The lowest BCUT2D eigenvalue weighted by atomic mass is 10.2. The molecule has 0 saturated carbocycles. The number of furan rings is 1. The van der Waals surface area contributed by atoms with E-state index in [1.807, 2.05) is 24.3 Å². The van der Waals surface area contributed by atoms with E-state index in [0.717, 1.165) is 16.7 Å². The van der Waals surface area contributed by atoms with Crippen molar-refractivity contribution >= 4 is 22.6 Å². The molecule has 68 valence electrons. The Balaban J connectivity index is 2.55. The molecule has 0 unspecified atom stereocenters. The zero-order chi connectivity index (χ0) is 9.26. The quantitative estimate of drug-likeness (QED) is 0.801. The van der Waals surface area contributed by atoms with Crippen molar-refractivity contribution in [1.82, 2.24) is 0 Å². The Morgan fingerprint density at radius 1 is 1.38 bits per heavy atom. The molecule has 0 aliphatic rings. The van der Waals surface area contributed by atoms with Crippen molar-refractivity contribution in [2.45, 2.75) is 6.42 Å². The normalized spacial score (nSPS) is 10.9. The Kier molecular flexibility index (Phi) is 2.25. The van der Waals surface area contributed by atoms with Crippen molar-refractivity contribution in [1.29, 1.82) is 0 Å². The molecule has 0 saturated heterocycles. The number of aliphatic hydroxyl groups excluding tert-OH is 1. The van der Waals surface area contributed by atoms with Crippen LogP contribution in [0.2, 0.25) is 5.02 Å². The molecular formula is C10H9ClO2. The second-order valence-corrected chi connectivity index (χ2v) is 3.25. The largest absolute Gasteiger partial charge is 0.461 e. The third-order valence-electron chi connectivity index (χ3n) is 1.92. The minimum Gasteiger partial charge on any atom is -0.461 e. The van der Waals surface area contributed by atoms with Gasteiger partial charge in [0.25, 0.3) is 0 Å². The summed E-state index contributed by atoms with van der Waals surface area (Å²) in [5, 5.41) is 10.3. The molecule has 0 aliphatic carbocycles. The number of benzene rings is 1. The van der Waals surface area contributed by atoms with E-state index in [1.165, 1.54) is 0 Å².